The molecule has 1 saturated carbocycles. The number of nitriles is 1. The highest BCUT2D eigenvalue weighted by atomic mass is 19.4. The Morgan fingerprint density at radius 2 is 2.05 bits per heavy atom. The van der Waals surface area contributed by atoms with E-state index in [-0.39, 0.29) is 18.9 Å². The minimum Gasteiger partial charge on any atom is -0.381 e. The summed E-state index contributed by atoms with van der Waals surface area (Å²) in [7, 11) is 0. The van der Waals surface area contributed by atoms with Crippen molar-refractivity contribution in [3.05, 3.63) is 29.3 Å². The molecular formula is C15H17F3N2. The lowest BCUT2D eigenvalue weighted by Gasteiger charge is -2.31. The van der Waals surface area contributed by atoms with Crippen LogP contribution in [0, 0.1) is 24.2 Å². The van der Waals surface area contributed by atoms with Crippen LogP contribution in [-0.4, -0.2) is 12.2 Å². The first-order chi connectivity index (χ1) is 9.41. The highest BCUT2D eigenvalue weighted by Crippen LogP contribution is 2.38. The molecule has 108 valence electrons. The van der Waals surface area contributed by atoms with Crippen molar-refractivity contribution < 1.29 is 13.2 Å². The van der Waals surface area contributed by atoms with Gasteiger partial charge in [-0.15, -0.1) is 0 Å². The molecule has 0 radical (unpaired) electrons. The number of anilines is 1. The Balaban J connectivity index is 2.11. The molecule has 2 atom stereocenters. The molecule has 1 aromatic carbocycles. The Labute approximate surface area is 116 Å². The van der Waals surface area contributed by atoms with Crippen LogP contribution < -0.4 is 5.32 Å². The van der Waals surface area contributed by atoms with Gasteiger partial charge in [-0.25, -0.2) is 0 Å². The second-order valence-electron chi connectivity index (χ2n) is 5.36. The van der Waals surface area contributed by atoms with Crippen molar-refractivity contribution in [3.8, 4) is 6.07 Å². The summed E-state index contributed by atoms with van der Waals surface area (Å²) < 4.78 is 38.3. The molecule has 2 unspecified atom stereocenters. The molecule has 0 bridgehead atoms. The van der Waals surface area contributed by atoms with Crippen LogP contribution in [0.2, 0.25) is 0 Å². The van der Waals surface area contributed by atoms with Gasteiger partial charge in [0, 0.05) is 6.04 Å². The van der Waals surface area contributed by atoms with Gasteiger partial charge in [-0.1, -0.05) is 18.6 Å². The number of nitrogens with one attached hydrogen (secondary N) is 1. The van der Waals surface area contributed by atoms with E-state index in [4.69, 9.17) is 5.26 Å². The summed E-state index contributed by atoms with van der Waals surface area (Å²) in [6.07, 6.45) is -2.55. The van der Waals surface area contributed by atoms with Gasteiger partial charge in [0.1, 0.15) is 6.07 Å². The lowest BCUT2D eigenvalue weighted by Crippen LogP contribution is -2.34. The number of aryl methyl sites for hydroxylation is 1. The van der Waals surface area contributed by atoms with Crippen molar-refractivity contribution in [2.45, 2.75) is 44.8 Å². The summed E-state index contributed by atoms with van der Waals surface area (Å²) in [5.41, 5.74) is 1.99. The van der Waals surface area contributed by atoms with E-state index in [1.807, 2.05) is 19.1 Å². The SMILES string of the molecule is Cc1cccc(NC2CCCC(C(F)(F)F)C2)c1C#N. The number of halogens is 3. The van der Waals surface area contributed by atoms with E-state index in [0.717, 1.165) is 5.56 Å². The minimum atomic E-state index is -4.12. The molecule has 20 heavy (non-hydrogen) atoms. The molecule has 2 rings (SSSR count). The molecule has 1 aliphatic rings. The fourth-order valence-electron chi connectivity index (χ4n) is 2.77. The quantitative estimate of drug-likeness (QED) is 0.872. The van der Waals surface area contributed by atoms with Crippen LogP contribution in [0.25, 0.3) is 0 Å². The smallest absolute Gasteiger partial charge is 0.381 e. The monoisotopic (exact) mass is 282 g/mol. The van der Waals surface area contributed by atoms with Gasteiger partial charge in [0.15, 0.2) is 0 Å². The van der Waals surface area contributed by atoms with Crippen LogP contribution in [0.3, 0.4) is 0 Å². The van der Waals surface area contributed by atoms with Gasteiger partial charge < -0.3 is 5.32 Å². The topological polar surface area (TPSA) is 35.8 Å². The number of hydrogen-bond donors (Lipinski definition) is 1. The van der Waals surface area contributed by atoms with E-state index in [2.05, 4.69) is 11.4 Å². The Hall–Kier alpha value is -1.70. The number of benzene rings is 1. The van der Waals surface area contributed by atoms with Gasteiger partial charge in [-0.3, -0.25) is 0 Å². The van der Waals surface area contributed by atoms with Gasteiger partial charge in [0.25, 0.3) is 0 Å². The van der Waals surface area contributed by atoms with E-state index in [0.29, 0.717) is 24.1 Å². The van der Waals surface area contributed by atoms with Crippen molar-refractivity contribution in [2.75, 3.05) is 5.32 Å². The first-order valence-electron chi connectivity index (χ1n) is 6.74. The fourth-order valence-corrected chi connectivity index (χ4v) is 2.77. The molecule has 2 nitrogen and oxygen atoms in total. The molecule has 1 aromatic rings. The van der Waals surface area contributed by atoms with Crippen LogP contribution in [0.1, 0.15) is 36.8 Å². The number of nitrogens with zero attached hydrogens (tertiary/aromatic N) is 1. The molecule has 1 N–H and O–H groups in total. The third-order valence-electron chi connectivity index (χ3n) is 3.88. The van der Waals surface area contributed by atoms with E-state index < -0.39 is 12.1 Å². The second-order valence-corrected chi connectivity index (χ2v) is 5.36. The first kappa shape index (κ1) is 14.7. The molecule has 1 aliphatic carbocycles. The zero-order valence-corrected chi connectivity index (χ0v) is 11.3. The van der Waals surface area contributed by atoms with Gasteiger partial charge >= 0.3 is 6.18 Å². The van der Waals surface area contributed by atoms with Crippen LogP contribution in [0.4, 0.5) is 18.9 Å². The van der Waals surface area contributed by atoms with E-state index in [1.54, 1.807) is 6.07 Å². The van der Waals surface area contributed by atoms with Crippen molar-refractivity contribution in [1.82, 2.24) is 0 Å². The zero-order valence-electron chi connectivity index (χ0n) is 11.3. The average molecular weight is 282 g/mol. The van der Waals surface area contributed by atoms with Crippen LogP contribution >= 0.6 is 0 Å². The maximum Gasteiger partial charge on any atom is 0.391 e. The van der Waals surface area contributed by atoms with Gasteiger partial charge in [-0.05, 0) is 37.8 Å². The lowest BCUT2D eigenvalue weighted by atomic mass is 9.85. The molecule has 0 spiro atoms. The average Bonchev–Trinajstić information content (AvgIpc) is 2.38. The van der Waals surface area contributed by atoms with Gasteiger partial charge in [0.05, 0.1) is 17.2 Å². The Bertz CT molecular complexity index is 517. The summed E-state index contributed by atoms with van der Waals surface area (Å²) in [4.78, 5) is 0. The predicted molar refractivity (Wildman–Crippen MR) is 71.3 cm³/mol. The fraction of sp³-hybridized carbons (Fsp3) is 0.533. The Kier molecular flexibility index (Phi) is 4.22. The number of alkyl halides is 3. The van der Waals surface area contributed by atoms with Crippen LogP contribution in [-0.2, 0) is 0 Å². The molecule has 1 fully saturated rings. The third kappa shape index (κ3) is 3.24. The van der Waals surface area contributed by atoms with Crippen molar-refractivity contribution >= 4 is 5.69 Å². The highest BCUT2D eigenvalue weighted by molar-refractivity contribution is 5.61. The zero-order chi connectivity index (χ0) is 14.8. The summed E-state index contributed by atoms with van der Waals surface area (Å²) in [5.74, 6) is -1.23. The third-order valence-corrected chi connectivity index (χ3v) is 3.88. The molecule has 0 saturated heterocycles. The maximum absolute atomic E-state index is 12.8. The molecular weight excluding hydrogens is 265 g/mol. The van der Waals surface area contributed by atoms with E-state index in [9.17, 15) is 13.2 Å². The normalized spacial score (nSPS) is 23.1. The van der Waals surface area contributed by atoms with Crippen molar-refractivity contribution in [1.29, 1.82) is 5.26 Å². The Morgan fingerprint density at radius 3 is 2.70 bits per heavy atom. The molecule has 0 amide bonds. The summed E-state index contributed by atoms with van der Waals surface area (Å²) in [6.45, 7) is 1.82. The second kappa shape index (κ2) is 5.74. The van der Waals surface area contributed by atoms with Crippen LogP contribution in [0.5, 0.6) is 0 Å². The minimum absolute atomic E-state index is 0.0856. The summed E-state index contributed by atoms with van der Waals surface area (Å²) in [5, 5.41) is 12.3. The molecule has 0 aromatic heterocycles. The maximum atomic E-state index is 12.8. The van der Waals surface area contributed by atoms with Crippen LogP contribution in [0.15, 0.2) is 18.2 Å². The van der Waals surface area contributed by atoms with E-state index >= 15 is 0 Å². The predicted octanol–water partition coefficient (Wildman–Crippen LogP) is 4.40. The number of hydrogen-bond acceptors (Lipinski definition) is 2. The molecule has 5 heteroatoms. The summed E-state index contributed by atoms with van der Waals surface area (Å²) in [6, 6.07) is 7.28. The molecule has 0 aliphatic heterocycles. The standard InChI is InChI=1S/C15H17F3N2/c1-10-4-2-7-14(13(10)9-19)20-12-6-3-5-11(8-12)15(16,17)18/h2,4,7,11-12,20H,3,5-6,8H2,1H3. The Morgan fingerprint density at radius 1 is 1.30 bits per heavy atom. The lowest BCUT2D eigenvalue weighted by molar-refractivity contribution is -0.182. The first-order valence-corrected chi connectivity index (χ1v) is 6.74. The largest absolute Gasteiger partial charge is 0.391 e. The van der Waals surface area contributed by atoms with Gasteiger partial charge in [0.2, 0.25) is 0 Å². The summed E-state index contributed by atoms with van der Waals surface area (Å²) >= 11 is 0. The van der Waals surface area contributed by atoms with Crippen molar-refractivity contribution in [2.24, 2.45) is 5.92 Å². The van der Waals surface area contributed by atoms with Gasteiger partial charge in [-0.2, -0.15) is 18.4 Å². The van der Waals surface area contributed by atoms with E-state index in [1.165, 1.54) is 0 Å². The number of rotatable bonds is 2. The van der Waals surface area contributed by atoms with Crippen molar-refractivity contribution in [3.63, 3.8) is 0 Å². The highest BCUT2D eigenvalue weighted by Gasteiger charge is 2.42. The molecule has 0 heterocycles.